The van der Waals surface area contributed by atoms with E-state index in [1.165, 1.54) is 0 Å². The van der Waals surface area contributed by atoms with Crippen LogP contribution in [0.3, 0.4) is 0 Å². The van der Waals surface area contributed by atoms with Gasteiger partial charge in [0.05, 0.1) is 0 Å². The molecule has 0 aromatic rings. The molecule has 2 unspecified atom stereocenters. The molecule has 0 radical (unpaired) electrons. The van der Waals surface area contributed by atoms with Gasteiger partial charge in [-0.3, -0.25) is 0 Å². The Hall–Kier alpha value is 1.06. The van der Waals surface area contributed by atoms with Crippen molar-refractivity contribution < 1.29 is 0 Å². The predicted octanol–water partition coefficient (Wildman–Crippen LogP) is 8.80. The van der Waals surface area contributed by atoms with Gasteiger partial charge in [0, 0.05) is 0 Å². The Kier molecular flexibility index (Phi) is 13.7. The van der Waals surface area contributed by atoms with Crippen LogP contribution in [-0.2, 0) is 0 Å². The third-order valence-electron chi connectivity index (χ3n) is 6.84. The minimum absolute atomic E-state index is 0.485. The Labute approximate surface area is 182 Å². The minimum Gasteiger partial charge on any atom is -0.0936 e. The summed E-state index contributed by atoms with van der Waals surface area (Å²) in [5.74, 6) is 5.92. The van der Waals surface area contributed by atoms with Crippen LogP contribution in [0.5, 0.6) is 0 Å². The van der Waals surface area contributed by atoms with E-state index in [0.717, 1.165) is 35.5 Å². The molecule has 0 aromatic heterocycles. The van der Waals surface area contributed by atoms with Gasteiger partial charge in [0.1, 0.15) is 0 Å². The molecule has 1 rings (SSSR count). The van der Waals surface area contributed by atoms with Crippen molar-refractivity contribution in [3.8, 4) is 0 Å². The van der Waals surface area contributed by atoms with Crippen LogP contribution >= 0.6 is 0 Å². The van der Waals surface area contributed by atoms with Crippen molar-refractivity contribution >= 4 is 28.3 Å². The highest BCUT2D eigenvalue weighted by Gasteiger charge is 2.29. The molecule has 158 valence electrons. The van der Waals surface area contributed by atoms with Crippen molar-refractivity contribution in [3.05, 3.63) is 0 Å². The second-order valence-corrected chi connectivity index (χ2v) is 18.5. The summed E-state index contributed by atoms with van der Waals surface area (Å²) in [5.41, 5.74) is 0. The lowest BCUT2D eigenvalue weighted by atomic mass is 10.0. The molecule has 2 heteroatoms. The van der Waals surface area contributed by atoms with Crippen molar-refractivity contribution in [2.45, 2.75) is 119 Å². The zero-order valence-corrected chi connectivity index (χ0v) is 22.7. The molecule has 0 aliphatic heterocycles. The second-order valence-electron chi connectivity index (χ2n) is 12.0. The van der Waals surface area contributed by atoms with Crippen molar-refractivity contribution in [1.82, 2.24) is 0 Å². The van der Waals surface area contributed by atoms with Crippen molar-refractivity contribution in [1.29, 1.82) is 0 Å². The number of rotatable bonds is 14. The molecule has 27 heavy (non-hydrogen) atoms. The van der Waals surface area contributed by atoms with Crippen molar-refractivity contribution in [2.24, 2.45) is 35.5 Å². The number of hydrogen-bond acceptors (Lipinski definition) is 0. The molecular formula is C25H52Al2. The first kappa shape index (κ1) is 26.1. The van der Waals surface area contributed by atoms with E-state index in [1.807, 2.05) is 0 Å². The highest BCUT2D eigenvalue weighted by molar-refractivity contribution is 6.59. The highest BCUT2D eigenvalue weighted by atomic mass is 27.2. The van der Waals surface area contributed by atoms with E-state index < -0.39 is 28.3 Å². The molecule has 1 aliphatic rings. The topological polar surface area (TPSA) is 0 Å². The molecule has 0 N–H and O–H groups in total. The summed E-state index contributed by atoms with van der Waals surface area (Å²) in [6.45, 7) is 19.6. The average molecular weight is 407 g/mol. The van der Waals surface area contributed by atoms with Gasteiger partial charge < -0.3 is 0 Å². The third-order valence-corrected chi connectivity index (χ3v) is 15.6. The first-order chi connectivity index (χ1) is 12.7. The summed E-state index contributed by atoms with van der Waals surface area (Å²) in [6.07, 6.45) is 7.90. The van der Waals surface area contributed by atoms with E-state index in [-0.39, 0.29) is 0 Å². The molecule has 2 atom stereocenters. The average Bonchev–Trinajstić information content (AvgIpc) is 2.96. The van der Waals surface area contributed by atoms with E-state index in [1.54, 1.807) is 63.8 Å². The van der Waals surface area contributed by atoms with Crippen LogP contribution in [0.15, 0.2) is 0 Å². The van der Waals surface area contributed by atoms with E-state index in [4.69, 9.17) is 0 Å². The molecule has 1 aliphatic carbocycles. The second kappa shape index (κ2) is 14.1. The quantitative estimate of drug-likeness (QED) is 0.253. The Morgan fingerprint density at radius 2 is 0.852 bits per heavy atom. The molecule has 1 fully saturated rings. The molecule has 0 saturated heterocycles. The first-order valence-corrected chi connectivity index (χ1v) is 17.5. The summed E-state index contributed by atoms with van der Waals surface area (Å²) in [6, 6.07) is 0. The molecule has 0 aromatic carbocycles. The maximum absolute atomic E-state index is 2.44. The number of hydrogen-bond donors (Lipinski definition) is 0. The standard InChI is InChI=1S/C9H16.4C4H9.2Al/c1-3-8-5-6-9(4-2)7-8;4*1-4(2)3;;/h8-9H,1-7H2;4*4H,1H2,2-3H3;;. The van der Waals surface area contributed by atoms with Gasteiger partial charge in [-0.2, -0.15) is 0 Å². The molecule has 0 heterocycles. The summed E-state index contributed by atoms with van der Waals surface area (Å²) < 4.78 is 0. The van der Waals surface area contributed by atoms with Gasteiger partial charge in [-0.05, 0) is 18.3 Å². The molecule has 0 amide bonds. The predicted molar refractivity (Wildman–Crippen MR) is 130 cm³/mol. The monoisotopic (exact) mass is 406 g/mol. The van der Waals surface area contributed by atoms with Crippen LogP contribution in [0.1, 0.15) is 87.5 Å². The van der Waals surface area contributed by atoms with E-state index in [0.29, 0.717) is 0 Å². The summed E-state index contributed by atoms with van der Waals surface area (Å²) >= 11 is -0.969. The summed E-state index contributed by atoms with van der Waals surface area (Å²) in [4.78, 5) is 0. The van der Waals surface area contributed by atoms with Crippen LogP contribution in [0.25, 0.3) is 0 Å². The largest absolute Gasteiger partial charge is 0.262 e. The zero-order valence-electron chi connectivity index (χ0n) is 20.4. The fourth-order valence-corrected chi connectivity index (χ4v) is 14.5. The maximum Gasteiger partial charge on any atom is 0.262 e. The van der Waals surface area contributed by atoms with E-state index in [9.17, 15) is 0 Å². The Morgan fingerprint density at radius 3 is 1.11 bits per heavy atom. The van der Waals surface area contributed by atoms with Gasteiger partial charge in [-0.15, -0.1) is 0 Å². The molecule has 0 bridgehead atoms. The minimum atomic E-state index is -0.485. The Morgan fingerprint density at radius 1 is 0.556 bits per heavy atom. The molecule has 1 saturated carbocycles. The molecule has 0 nitrogen and oxygen atoms in total. The van der Waals surface area contributed by atoms with Gasteiger partial charge in [-0.25, -0.2) is 0 Å². The van der Waals surface area contributed by atoms with Crippen LogP contribution in [0.2, 0.25) is 31.7 Å². The highest BCUT2D eigenvalue weighted by Crippen LogP contribution is 2.38. The fraction of sp³-hybridized carbons (Fsp3) is 1.00. The fourth-order valence-electron chi connectivity index (χ4n) is 5.98. The van der Waals surface area contributed by atoms with Crippen LogP contribution in [0.4, 0.5) is 0 Å². The van der Waals surface area contributed by atoms with Crippen molar-refractivity contribution in [2.75, 3.05) is 0 Å². The lowest BCUT2D eigenvalue weighted by molar-refractivity contribution is 0.467. The first-order valence-electron chi connectivity index (χ1n) is 12.7. The van der Waals surface area contributed by atoms with Gasteiger partial charge in [0.2, 0.25) is 0 Å². The third kappa shape index (κ3) is 13.1. The molecular weight excluding hydrogens is 354 g/mol. The van der Waals surface area contributed by atoms with E-state index in [2.05, 4.69) is 55.4 Å². The van der Waals surface area contributed by atoms with Gasteiger partial charge in [0.25, 0.3) is 28.3 Å². The lowest BCUT2D eigenvalue weighted by Gasteiger charge is -2.19. The van der Waals surface area contributed by atoms with Gasteiger partial charge in [-0.1, -0.05) is 136 Å². The van der Waals surface area contributed by atoms with Crippen molar-refractivity contribution in [3.63, 3.8) is 0 Å². The maximum atomic E-state index is 2.44. The normalized spacial score (nSPS) is 20.4. The lowest BCUT2D eigenvalue weighted by Crippen LogP contribution is -2.19. The van der Waals surface area contributed by atoms with Crippen LogP contribution in [-0.4, -0.2) is 28.3 Å². The summed E-state index contributed by atoms with van der Waals surface area (Å²) in [7, 11) is 0. The SMILES string of the molecule is CC(C)[CH2][Al]([CH2]CC1CCC(C[CH2][Al]([CH2]C(C)C)[CH2]C(C)C)C1)[CH2]C(C)C. The van der Waals surface area contributed by atoms with Crippen LogP contribution in [0, 0.1) is 35.5 Å². The van der Waals surface area contributed by atoms with E-state index >= 15 is 0 Å². The Balaban J connectivity index is 2.34. The van der Waals surface area contributed by atoms with Gasteiger partial charge >= 0.3 is 0 Å². The summed E-state index contributed by atoms with van der Waals surface area (Å²) in [5, 5.41) is 9.65. The smallest absolute Gasteiger partial charge is 0.0936 e. The van der Waals surface area contributed by atoms with Crippen LogP contribution < -0.4 is 0 Å². The molecule has 0 spiro atoms. The zero-order chi connectivity index (χ0) is 20.4. The van der Waals surface area contributed by atoms with Gasteiger partial charge in [0.15, 0.2) is 0 Å². The Bertz CT molecular complexity index is 307.